The average molecular weight is 450 g/mol. The number of anilines is 1. The largest absolute Gasteiger partial charge is 0.423 e. The third kappa shape index (κ3) is 6.28. The Bertz CT molecular complexity index is 1240. The van der Waals surface area contributed by atoms with Gasteiger partial charge in [-0.3, -0.25) is 19.7 Å². The van der Waals surface area contributed by atoms with Crippen molar-refractivity contribution in [3.63, 3.8) is 0 Å². The number of nitrogens with one attached hydrogen (secondary N) is 2. The van der Waals surface area contributed by atoms with Crippen LogP contribution in [-0.4, -0.2) is 28.9 Å². The van der Waals surface area contributed by atoms with Crippen molar-refractivity contribution in [2.24, 2.45) is 5.10 Å². The van der Waals surface area contributed by atoms with Crippen molar-refractivity contribution in [1.82, 2.24) is 5.43 Å². The van der Waals surface area contributed by atoms with E-state index in [1.807, 2.05) is 5.43 Å². The highest BCUT2D eigenvalue weighted by Gasteiger charge is 2.15. The van der Waals surface area contributed by atoms with E-state index in [1.54, 1.807) is 12.1 Å². The van der Waals surface area contributed by atoms with E-state index in [1.165, 1.54) is 60.8 Å². The lowest BCUT2D eigenvalue weighted by molar-refractivity contribution is -0.384. The van der Waals surface area contributed by atoms with Crippen molar-refractivity contribution >= 4 is 35.4 Å². The maximum Gasteiger partial charge on any atom is 0.343 e. The summed E-state index contributed by atoms with van der Waals surface area (Å²) in [5, 5.41) is 16.5. The molecule has 0 saturated carbocycles. The van der Waals surface area contributed by atoms with Crippen LogP contribution in [0.3, 0.4) is 0 Å². The fourth-order valence-corrected chi connectivity index (χ4v) is 2.50. The van der Waals surface area contributed by atoms with Gasteiger partial charge in [-0.2, -0.15) is 5.10 Å². The molecule has 0 aliphatic carbocycles. The number of esters is 1. The van der Waals surface area contributed by atoms with Crippen molar-refractivity contribution < 1.29 is 28.4 Å². The molecule has 166 valence electrons. The minimum atomic E-state index is -1.12. The van der Waals surface area contributed by atoms with Crippen LogP contribution in [0, 0.1) is 15.9 Å². The number of carbonyl (C=O) groups excluding carboxylic acids is 3. The van der Waals surface area contributed by atoms with Crippen LogP contribution in [0.1, 0.15) is 15.9 Å². The predicted molar refractivity (Wildman–Crippen MR) is 115 cm³/mol. The lowest BCUT2D eigenvalue weighted by Gasteiger charge is -2.05. The number of rotatable bonds is 6. The van der Waals surface area contributed by atoms with Crippen LogP contribution in [0.15, 0.2) is 77.9 Å². The minimum Gasteiger partial charge on any atom is -0.423 e. The average Bonchev–Trinajstić information content (AvgIpc) is 2.80. The molecule has 2 amide bonds. The Balaban J connectivity index is 1.57. The summed E-state index contributed by atoms with van der Waals surface area (Å²) >= 11 is 0. The SMILES string of the molecule is O=C(N/N=C/c1cccc(OC(=O)c2ccc([N+](=O)[O-])cc2)c1)C(=O)Nc1ccccc1F. The molecule has 0 fully saturated rings. The van der Waals surface area contributed by atoms with E-state index < -0.39 is 28.5 Å². The Morgan fingerprint density at radius 3 is 2.39 bits per heavy atom. The zero-order valence-electron chi connectivity index (χ0n) is 16.7. The molecule has 0 unspecified atom stereocenters. The first-order valence-corrected chi connectivity index (χ1v) is 9.29. The summed E-state index contributed by atoms with van der Waals surface area (Å²) in [6.07, 6.45) is 1.21. The molecule has 0 bridgehead atoms. The predicted octanol–water partition coefficient (Wildman–Crippen LogP) is 3.04. The van der Waals surface area contributed by atoms with Crippen LogP contribution >= 0.6 is 0 Å². The number of carbonyl (C=O) groups is 3. The van der Waals surface area contributed by atoms with E-state index in [0.717, 1.165) is 6.07 Å². The molecule has 0 atom stereocenters. The van der Waals surface area contributed by atoms with Crippen molar-refractivity contribution in [2.45, 2.75) is 0 Å². The summed E-state index contributed by atoms with van der Waals surface area (Å²) in [7, 11) is 0. The Labute approximate surface area is 185 Å². The molecule has 3 rings (SSSR count). The molecule has 33 heavy (non-hydrogen) atoms. The summed E-state index contributed by atoms with van der Waals surface area (Å²) < 4.78 is 18.8. The van der Waals surface area contributed by atoms with Crippen molar-refractivity contribution in [2.75, 3.05) is 5.32 Å². The van der Waals surface area contributed by atoms with Gasteiger partial charge in [0, 0.05) is 12.1 Å². The molecular formula is C22H15FN4O6. The van der Waals surface area contributed by atoms with E-state index in [0.29, 0.717) is 5.56 Å². The molecule has 0 spiro atoms. The number of amides is 2. The Morgan fingerprint density at radius 2 is 1.70 bits per heavy atom. The van der Waals surface area contributed by atoms with E-state index in [-0.39, 0.29) is 22.7 Å². The quantitative estimate of drug-likeness (QED) is 0.148. The van der Waals surface area contributed by atoms with Gasteiger partial charge in [0.2, 0.25) is 0 Å². The standard InChI is InChI=1S/C22H15FN4O6/c23-18-6-1-2-7-19(18)25-20(28)21(29)26-24-13-14-4-3-5-17(12-14)33-22(30)15-8-10-16(11-9-15)27(31)32/h1-13H,(H,25,28)(H,26,29)/b24-13+. The monoisotopic (exact) mass is 450 g/mol. The molecule has 0 heterocycles. The zero-order valence-corrected chi connectivity index (χ0v) is 16.7. The number of benzene rings is 3. The maximum atomic E-state index is 13.5. The molecule has 3 aromatic rings. The second kappa shape index (κ2) is 10.4. The number of hydrogen-bond donors (Lipinski definition) is 2. The fraction of sp³-hybridized carbons (Fsp3) is 0. The van der Waals surface area contributed by atoms with Gasteiger partial charge in [-0.1, -0.05) is 24.3 Å². The molecule has 11 heteroatoms. The van der Waals surface area contributed by atoms with E-state index in [4.69, 9.17) is 4.74 Å². The molecule has 2 N–H and O–H groups in total. The van der Waals surface area contributed by atoms with Gasteiger partial charge in [-0.25, -0.2) is 14.6 Å². The number of hydrazone groups is 1. The summed E-state index contributed by atoms with van der Waals surface area (Å²) in [5.74, 6) is -3.48. The summed E-state index contributed by atoms with van der Waals surface area (Å²) in [5.41, 5.74) is 2.25. The number of hydrogen-bond acceptors (Lipinski definition) is 7. The van der Waals surface area contributed by atoms with Gasteiger partial charge in [-0.15, -0.1) is 0 Å². The molecule has 0 saturated heterocycles. The van der Waals surface area contributed by atoms with Gasteiger partial charge in [0.15, 0.2) is 0 Å². The molecule has 0 radical (unpaired) electrons. The first kappa shape index (κ1) is 22.7. The van der Waals surface area contributed by atoms with Gasteiger partial charge < -0.3 is 10.1 Å². The number of ether oxygens (including phenoxy) is 1. The third-order valence-electron chi connectivity index (χ3n) is 4.09. The second-order valence-corrected chi connectivity index (χ2v) is 6.40. The number of nitrogens with zero attached hydrogens (tertiary/aromatic N) is 2. The van der Waals surface area contributed by atoms with Crippen LogP contribution in [-0.2, 0) is 9.59 Å². The fourth-order valence-electron chi connectivity index (χ4n) is 2.50. The Kier molecular flexibility index (Phi) is 7.17. The summed E-state index contributed by atoms with van der Waals surface area (Å²) in [6, 6.07) is 16.4. The first-order chi connectivity index (χ1) is 15.8. The van der Waals surface area contributed by atoms with Gasteiger partial charge in [0.1, 0.15) is 11.6 Å². The highest BCUT2D eigenvalue weighted by atomic mass is 19.1. The van der Waals surface area contributed by atoms with Crippen molar-refractivity contribution in [1.29, 1.82) is 0 Å². The van der Waals surface area contributed by atoms with Crippen LogP contribution in [0.2, 0.25) is 0 Å². The van der Waals surface area contributed by atoms with Gasteiger partial charge >= 0.3 is 17.8 Å². The number of nitro benzene ring substituents is 1. The number of non-ortho nitro benzene ring substituents is 1. The minimum absolute atomic E-state index is 0.118. The van der Waals surface area contributed by atoms with E-state index in [2.05, 4.69) is 10.4 Å². The van der Waals surface area contributed by atoms with Crippen LogP contribution in [0.5, 0.6) is 5.75 Å². The van der Waals surface area contributed by atoms with Crippen LogP contribution in [0.25, 0.3) is 0 Å². The highest BCUT2D eigenvalue weighted by Crippen LogP contribution is 2.17. The number of nitro groups is 1. The third-order valence-corrected chi connectivity index (χ3v) is 4.09. The topological polar surface area (TPSA) is 140 Å². The zero-order chi connectivity index (χ0) is 23.8. The lowest BCUT2D eigenvalue weighted by atomic mass is 10.2. The highest BCUT2D eigenvalue weighted by molar-refractivity contribution is 6.39. The molecule has 0 aliphatic rings. The van der Waals surface area contributed by atoms with E-state index in [9.17, 15) is 28.9 Å². The normalized spacial score (nSPS) is 10.5. The van der Waals surface area contributed by atoms with Crippen LogP contribution in [0.4, 0.5) is 15.8 Å². The first-order valence-electron chi connectivity index (χ1n) is 9.29. The van der Waals surface area contributed by atoms with Crippen molar-refractivity contribution in [3.8, 4) is 5.75 Å². The Morgan fingerprint density at radius 1 is 0.970 bits per heavy atom. The van der Waals surface area contributed by atoms with E-state index >= 15 is 0 Å². The lowest BCUT2D eigenvalue weighted by Crippen LogP contribution is -2.32. The molecule has 0 aromatic heterocycles. The van der Waals surface area contributed by atoms with Crippen LogP contribution < -0.4 is 15.5 Å². The maximum absolute atomic E-state index is 13.5. The molecule has 3 aromatic carbocycles. The number of para-hydroxylation sites is 1. The smallest absolute Gasteiger partial charge is 0.343 e. The Hall–Kier alpha value is -4.93. The second-order valence-electron chi connectivity index (χ2n) is 6.40. The molecular weight excluding hydrogens is 435 g/mol. The van der Waals surface area contributed by atoms with Gasteiger partial charge in [0.25, 0.3) is 5.69 Å². The number of halogens is 1. The van der Waals surface area contributed by atoms with Crippen molar-refractivity contribution in [3.05, 3.63) is 99.9 Å². The van der Waals surface area contributed by atoms with Gasteiger partial charge in [0.05, 0.1) is 22.4 Å². The molecule has 10 nitrogen and oxygen atoms in total. The van der Waals surface area contributed by atoms with Gasteiger partial charge in [-0.05, 0) is 42.0 Å². The summed E-state index contributed by atoms with van der Waals surface area (Å²) in [6.45, 7) is 0. The molecule has 0 aliphatic heterocycles. The summed E-state index contributed by atoms with van der Waals surface area (Å²) in [4.78, 5) is 45.9.